The summed E-state index contributed by atoms with van der Waals surface area (Å²) in [4.78, 5) is 15.0. The first-order chi connectivity index (χ1) is 15.6. The molecule has 7 heteroatoms. The summed E-state index contributed by atoms with van der Waals surface area (Å²) in [5.41, 5.74) is 4.27. The number of rotatable bonds is 7. The molecule has 1 aliphatic heterocycles. The highest BCUT2D eigenvalue weighted by Gasteiger charge is 2.21. The lowest BCUT2D eigenvalue weighted by Gasteiger charge is -2.28. The zero-order valence-electron chi connectivity index (χ0n) is 18.9. The molecular formula is C25H30N6S. The standard InChI is InChI=1S/C25H30N6S/c1-4-5-7-10-30(3)22-15-21-23(32-22)25(31-11-8-6-9-12-31)28-24(27-21)18-13-17(2)14-20-19(18)16-26-29-20/h4,13-16H,1,5-12H2,2-3H3,(H,26,29). The fraction of sp³-hybridized carbons (Fsp3) is 0.400. The number of unbranched alkanes of at least 4 members (excludes halogenated alkanes) is 1. The van der Waals surface area contributed by atoms with Crippen molar-refractivity contribution in [2.45, 2.75) is 39.0 Å². The molecule has 0 saturated carbocycles. The van der Waals surface area contributed by atoms with Crippen LogP contribution in [-0.2, 0) is 0 Å². The van der Waals surface area contributed by atoms with Gasteiger partial charge in [0.1, 0.15) is 0 Å². The summed E-state index contributed by atoms with van der Waals surface area (Å²) in [6.45, 7) is 9.07. The number of aryl methyl sites for hydroxylation is 1. The first-order valence-electron chi connectivity index (χ1n) is 11.5. The van der Waals surface area contributed by atoms with Crippen molar-refractivity contribution in [3.8, 4) is 11.4 Å². The van der Waals surface area contributed by atoms with Gasteiger partial charge in [-0.25, -0.2) is 9.97 Å². The number of anilines is 2. The van der Waals surface area contributed by atoms with Crippen molar-refractivity contribution in [2.75, 3.05) is 36.5 Å². The number of nitrogens with zero attached hydrogens (tertiary/aromatic N) is 5. The average molecular weight is 447 g/mol. The summed E-state index contributed by atoms with van der Waals surface area (Å²) in [5.74, 6) is 1.87. The molecule has 0 radical (unpaired) electrons. The maximum absolute atomic E-state index is 5.17. The van der Waals surface area contributed by atoms with Gasteiger partial charge in [0.2, 0.25) is 0 Å². The molecule has 1 fully saturated rings. The number of H-pyrrole nitrogens is 1. The molecule has 166 valence electrons. The van der Waals surface area contributed by atoms with Crippen LogP contribution in [0.25, 0.3) is 32.5 Å². The van der Waals surface area contributed by atoms with Crippen LogP contribution < -0.4 is 9.80 Å². The quantitative estimate of drug-likeness (QED) is 0.281. The van der Waals surface area contributed by atoms with Crippen molar-refractivity contribution in [1.29, 1.82) is 0 Å². The largest absolute Gasteiger partial charge is 0.366 e. The Bertz CT molecular complexity index is 1250. The first kappa shape index (κ1) is 20.9. The minimum atomic E-state index is 0.784. The van der Waals surface area contributed by atoms with Crippen LogP contribution in [0.4, 0.5) is 10.8 Å². The van der Waals surface area contributed by atoms with Crippen LogP contribution in [0, 0.1) is 6.92 Å². The minimum Gasteiger partial charge on any atom is -0.366 e. The van der Waals surface area contributed by atoms with E-state index in [1.807, 2.05) is 23.6 Å². The number of hydrogen-bond donors (Lipinski definition) is 1. The van der Waals surface area contributed by atoms with E-state index in [4.69, 9.17) is 9.97 Å². The summed E-state index contributed by atoms with van der Waals surface area (Å²) >= 11 is 1.81. The fourth-order valence-electron chi connectivity index (χ4n) is 4.49. The van der Waals surface area contributed by atoms with Gasteiger partial charge in [0.15, 0.2) is 11.6 Å². The SMILES string of the molecule is C=CCCCN(C)c1cc2nc(-c3cc(C)cc4[nH]ncc34)nc(N3CCCCC3)c2s1. The van der Waals surface area contributed by atoms with Crippen LogP contribution in [0.15, 0.2) is 37.1 Å². The van der Waals surface area contributed by atoms with Gasteiger partial charge < -0.3 is 9.80 Å². The number of thiophene rings is 1. The lowest BCUT2D eigenvalue weighted by Crippen LogP contribution is -2.30. The molecule has 0 bridgehead atoms. The van der Waals surface area contributed by atoms with Gasteiger partial charge in [-0.15, -0.1) is 17.9 Å². The third kappa shape index (κ3) is 3.97. The Balaban J connectivity index is 1.64. The fourth-order valence-corrected chi connectivity index (χ4v) is 5.60. The van der Waals surface area contributed by atoms with Crippen LogP contribution in [0.2, 0.25) is 0 Å². The summed E-state index contributed by atoms with van der Waals surface area (Å²) in [5, 5.41) is 9.67. The van der Waals surface area contributed by atoms with Crippen LogP contribution >= 0.6 is 11.3 Å². The van der Waals surface area contributed by atoms with Crippen LogP contribution in [-0.4, -0.2) is 46.8 Å². The third-order valence-electron chi connectivity index (χ3n) is 6.22. The maximum atomic E-state index is 5.17. The average Bonchev–Trinajstić information content (AvgIpc) is 3.45. The smallest absolute Gasteiger partial charge is 0.162 e. The zero-order valence-corrected chi connectivity index (χ0v) is 19.7. The van der Waals surface area contributed by atoms with Gasteiger partial charge in [0.25, 0.3) is 0 Å². The second-order valence-electron chi connectivity index (χ2n) is 8.71. The first-order valence-corrected chi connectivity index (χ1v) is 12.3. The van der Waals surface area contributed by atoms with Crippen LogP contribution in [0.1, 0.15) is 37.7 Å². The van der Waals surface area contributed by atoms with Crippen molar-refractivity contribution < 1.29 is 0 Å². The minimum absolute atomic E-state index is 0.784. The van der Waals surface area contributed by atoms with Crippen molar-refractivity contribution in [3.05, 3.63) is 42.6 Å². The lowest BCUT2D eigenvalue weighted by molar-refractivity contribution is 0.575. The van der Waals surface area contributed by atoms with E-state index in [9.17, 15) is 0 Å². The second-order valence-corrected chi connectivity index (χ2v) is 9.74. The Morgan fingerprint density at radius 2 is 2.03 bits per heavy atom. The number of hydrogen-bond acceptors (Lipinski definition) is 6. The molecule has 32 heavy (non-hydrogen) atoms. The van der Waals surface area contributed by atoms with Crippen molar-refractivity contribution in [1.82, 2.24) is 20.2 Å². The highest BCUT2D eigenvalue weighted by molar-refractivity contribution is 7.23. The van der Waals surface area contributed by atoms with E-state index in [1.54, 1.807) is 0 Å². The molecule has 1 saturated heterocycles. The van der Waals surface area contributed by atoms with E-state index in [-0.39, 0.29) is 0 Å². The molecule has 0 unspecified atom stereocenters. The topological polar surface area (TPSA) is 60.9 Å². The molecule has 1 aromatic carbocycles. The molecule has 3 aromatic heterocycles. The molecular weight excluding hydrogens is 416 g/mol. The van der Waals surface area contributed by atoms with Gasteiger partial charge in [-0.1, -0.05) is 6.08 Å². The number of piperidine rings is 1. The van der Waals surface area contributed by atoms with Gasteiger partial charge in [0.05, 0.1) is 26.9 Å². The van der Waals surface area contributed by atoms with Gasteiger partial charge in [-0.3, -0.25) is 5.10 Å². The summed E-state index contributed by atoms with van der Waals surface area (Å²) in [6.07, 6.45) is 9.74. The molecule has 0 amide bonds. The van der Waals surface area contributed by atoms with Gasteiger partial charge in [-0.2, -0.15) is 5.10 Å². The van der Waals surface area contributed by atoms with Gasteiger partial charge in [-0.05, 0) is 62.8 Å². The molecule has 4 heterocycles. The zero-order chi connectivity index (χ0) is 22.1. The van der Waals surface area contributed by atoms with E-state index in [0.29, 0.717) is 0 Å². The van der Waals surface area contributed by atoms with Crippen molar-refractivity contribution >= 4 is 43.3 Å². The molecule has 6 nitrogen and oxygen atoms in total. The number of aromatic nitrogens is 4. The maximum Gasteiger partial charge on any atom is 0.162 e. The monoisotopic (exact) mass is 446 g/mol. The Morgan fingerprint density at radius 3 is 2.84 bits per heavy atom. The van der Waals surface area contributed by atoms with E-state index in [0.717, 1.165) is 66.1 Å². The van der Waals surface area contributed by atoms with E-state index >= 15 is 0 Å². The molecule has 1 N–H and O–H groups in total. The summed E-state index contributed by atoms with van der Waals surface area (Å²) in [6, 6.07) is 6.53. The number of aromatic amines is 1. The predicted octanol–water partition coefficient (Wildman–Crippen LogP) is 5.94. The predicted molar refractivity (Wildman–Crippen MR) is 136 cm³/mol. The Labute approximate surface area is 193 Å². The highest BCUT2D eigenvalue weighted by Crippen LogP contribution is 2.39. The number of fused-ring (bicyclic) bond motifs is 2. The Morgan fingerprint density at radius 1 is 1.19 bits per heavy atom. The van der Waals surface area contributed by atoms with E-state index < -0.39 is 0 Å². The third-order valence-corrected chi connectivity index (χ3v) is 7.45. The molecule has 4 aromatic rings. The molecule has 0 aliphatic carbocycles. The number of allylic oxidation sites excluding steroid dienone is 1. The van der Waals surface area contributed by atoms with Gasteiger partial charge >= 0.3 is 0 Å². The van der Waals surface area contributed by atoms with Crippen molar-refractivity contribution in [3.63, 3.8) is 0 Å². The Hall–Kier alpha value is -2.93. The summed E-state index contributed by atoms with van der Waals surface area (Å²) in [7, 11) is 2.16. The molecule has 0 atom stereocenters. The van der Waals surface area contributed by atoms with Crippen LogP contribution in [0.5, 0.6) is 0 Å². The number of benzene rings is 1. The van der Waals surface area contributed by atoms with Crippen molar-refractivity contribution in [2.24, 2.45) is 0 Å². The lowest BCUT2D eigenvalue weighted by atomic mass is 10.1. The normalized spacial score (nSPS) is 14.4. The Kier molecular flexibility index (Phi) is 5.83. The molecule has 5 rings (SSSR count). The van der Waals surface area contributed by atoms with E-state index in [2.05, 4.69) is 58.7 Å². The second kappa shape index (κ2) is 8.90. The molecule has 1 aliphatic rings. The highest BCUT2D eigenvalue weighted by atomic mass is 32.1. The summed E-state index contributed by atoms with van der Waals surface area (Å²) < 4.78 is 1.19. The van der Waals surface area contributed by atoms with Gasteiger partial charge in [0, 0.05) is 37.6 Å². The van der Waals surface area contributed by atoms with Crippen LogP contribution in [0.3, 0.4) is 0 Å². The molecule has 0 spiro atoms. The van der Waals surface area contributed by atoms with E-state index in [1.165, 1.54) is 34.5 Å². The number of nitrogens with one attached hydrogen (secondary N) is 1.